The predicted molar refractivity (Wildman–Crippen MR) is 96.1 cm³/mol. The first-order chi connectivity index (χ1) is 12.2. The highest BCUT2D eigenvalue weighted by Gasteiger charge is 2.66. The second kappa shape index (κ2) is 5.87. The largest absolute Gasteiger partial charge is 0.394 e. The highest BCUT2D eigenvalue weighted by molar-refractivity contribution is 5.87. The fourth-order valence-electron chi connectivity index (χ4n) is 7.34. The van der Waals surface area contributed by atoms with Crippen molar-refractivity contribution in [1.82, 2.24) is 0 Å². The Bertz CT molecular complexity index is 644. The van der Waals surface area contributed by atoms with Crippen LogP contribution in [0, 0.1) is 28.6 Å². The van der Waals surface area contributed by atoms with Crippen LogP contribution in [0.3, 0.4) is 0 Å². The van der Waals surface area contributed by atoms with E-state index in [-0.39, 0.29) is 11.2 Å². The molecule has 3 saturated carbocycles. The fraction of sp³-hybridized carbons (Fsp3) is 0.857. The minimum atomic E-state index is -1.23. The van der Waals surface area contributed by atoms with Crippen LogP contribution in [0.25, 0.3) is 0 Å². The summed E-state index contributed by atoms with van der Waals surface area (Å²) < 4.78 is 0. The van der Waals surface area contributed by atoms with Crippen molar-refractivity contribution in [3.05, 3.63) is 11.6 Å². The summed E-state index contributed by atoms with van der Waals surface area (Å²) in [6.45, 7) is 3.86. The molecule has 0 aromatic carbocycles. The van der Waals surface area contributed by atoms with Gasteiger partial charge in [-0.25, -0.2) is 0 Å². The summed E-state index contributed by atoms with van der Waals surface area (Å²) in [5.74, 6) is 1.01. The highest BCUT2D eigenvalue weighted by atomic mass is 16.4. The molecule has 0 aromatic heterocycles. The van der Waals surface area contributed by atoms with Gasteiger partial charge in [-0.1, -0.05) is 19.4 Å². The standard InChI is InChI=1S/C21H32O5/c1-19-10-17(24)16(23)9-12(19)3-4-13-14(19)5-7-20(2)15(13)6-8-21(20,26)18(25)11-22/h9,13-16,18,22-23,25-26H,3-8,10-11H2,1-2H3/t13-,14+,15+,16?,18?,19+,20+,21+/m1/s1. The Hall–Kier alpha value is -0.750. The van der Waals surface area contributed by atoms with Crippen molar-refractivity contribution in [2.24, 2.45) is 28.6 Å². The van der Waals surface area contributed by atoms with Crippen LogP contribution in [-0.2, 0) is 4.79 Å². The molecule has 4 aliphatic carbocycles. The van der Waals surface area contributed by atoms with Crippen LogP contribution in [0.5, 0.6) is 0 Å². The topological polar surface area (TPSA) is 98.0 Å². The zero-order valence-corrected chi connectivity index (χ0v) is 15.8. The maximum absolute atomic E-state index is 12.3. The van der Waals surface area contributed by atoms with E-state index in [4.69, 9.17) is 0 Å². The van der Waals surface area contributed by atoms with Crippen molar-refractivity contribution in [2.45, 2.75) is 76.6 Å². The molecule has 3 fully saturated rings. The number of aliphatic hydroxyl groups excluding tert-OH is 3. The minimum Gasteiger partial charge on any atom is -0.394 e. The van der Waals surface area contributed by atoms with Gasteiger partial charge in [0.25, 0.3) is 0 Å². The van der Waals surface area contributed by atoms with Crippen molar-refractivity contribution in [1.29, 1.82) is 0 Å². The maximum atomic E-state index is 12.3. The summed E-state index contributed by atoms with van der Waals surface area (Å²) in [5.41, 5.74) is -0.575. The lowest BCUT2D eigenvalue weighted by Gasteiger charge is -2.59. The number of hydrogen-bond donors (Lipinski definition) is 4. The van der Waals surface area contributed by atoms with E-state index in [9.17, 15) is 25.2 Å². The number of carbonyl (C=O) groups is 1. The van der Waals surface area contributed by atoms with Crippen LogP contribution in [-0.4, -0.2) is 50.6 Å². The predicted octanol–water partition coefficient (Wildman–Crippen LogP) is 1.57. The molecule has 2 unspecified atom stereocenters. The Morgan fingerprint density at radius 1 is 1.19 bits per heavy atom. The van der Waals surface area contributed by atoms with Crippen molar-refractivity contribution in [3.8, 4) is 0 Å². The summed E-state index contributed by atoms with van der Waals surface area (Å²) in [6, 6.07) is 0. The Morgan fingerprint density at radius 2 is 1.88 bits per heavy atom. The second-order valence-corrected chi connectivity index (χ2v) is 9.73. The molecule has 0 spiro atoms. The summed E-state index contributed by atoms with van der Waals surface area (Å²) in [5, 5.41) is 41.0. The Labute approximate surface area is 155 Å². The van der Waals surface area contributed by atoms with E-state index in [0.717, 1.165) is 32.1 Å². The molecule has 0 saturated heterocycles. The molecule has 146 valence electrons. The first-order valence-corrected chi connectivity index (χ1v) is 10.1. The number of Topliss-reactive ketones (excluding diaryl/α,β-unsaturated/α-hetero) is 1. The number of carbonyl (C=O) groups excluding carboxylic acids is 1. The van der Waals surface area contributed by atoms with E-state index >= 15 is 0 Å². The Balaban J connectivity index is 1.68. The van der Waals surface area contributed by atoms with Crippen LogP contribution in [0.1, 0.15) is 58.8 Å². The van der Waals surface area contributed by atoms with Gasteiger partial charge in [0.15, 0.2) is 5.78 Å². The first-order valence-electron chi connectivity index (χ1n) is 10.1. The van der Waals surface area contributed by atoms with Crippen LogP contribution in [0.15, 0.2) is 11.6 Å². The third-order valence-corrected chi connectivity index (χ3v) is 8.91. The minimum absolute atomic E-state index is 0.0798. The van der Waals surface area contributed by atoms with Crippen molar-refractivity contribution >= 4 is 5.78 Å². The monoisotopic (exact) mass is 364 g/mol. The summed E-state index contributed by atoms with van der Waals surface area (Å²) in [4.78, 5) is 12.3. The van der Waals surface area contributed by atoms with Crippen LogP contribution in [0.2, 0.25) is 0 Å². The molecule has 4 rings (SSSR count). The van der Waals surface area contributed by atoms with Gasteiger partial charge in [-0.05, 0) is 67.8 Å². The normalized spacial score (nSPS) is 51.9. The molecule has 8 atom stereocenters. The Morgan fingerprint density at radius 3 is 2.58 bits per heavy atom. The molecule has 4 N–H and O–H groups in total. The lowest BCUT2D eigenvalue weighted by molar-refractivity contribution is -0.185. The molecule has 0 heterocycles. The van der Waals surface area contributed by atoms with Gasteiger partial charge >= 0.3 is 0 Å². The SMILES string of the molecule is C[C@]12CC(=O)C(O)C=C1CC[C@@H]1[C@@H]2CC[C@@]2(C)[C@H]1CC[C@]2(O)C(O)CO. The van der Waals surface area contributed by atoms with E-state index in [1.807, 2.05) is 0 Å². The molecule has 5 nitrogen and oxygen atoms in total. The summed E-state index contributed by atoms with van der Waals surface area (Å²) in [7, 11) is 0. The zero-order valence-electron chi connectivity index (χ0n) is 15.8. The quantitative estimate of drug-likeness (QED) is 0.558. The molecule has 0 aromatic rings. The van der Waals surface area contributed by atoms with Gasteiger partial charge in [-0.3, -0.25) is 4.79 Å². The molecular formula is C21H32O5. The van der Waals surface area contributed by atoms with Crippen molar-refractivity contribution < 1.29 is 25.2 Å². The molecular weight excluding hydrogens is 332 g/mol. The summed E-state index contributed by atoms with van der Waals surface area (Å²) in [6.07, 6.45) is 5.16. The van der Waals surface area contributed by atoms with E-state index in [1.165, 1.54) is 5.57 Å². The van der Waals surface area contributed by atoms with Crippen LogP contribution < -0.4 is 0 Å². The maximum Gasteiger partial charge on any atom is 0.166 e. The molecule has 0 amide bonds. The number of hydrogen-bond acceptors (Lipinski definition) is 5. The van der Waals surface area contributed by atoms with Gasteiger partial charge in [0.05, 0.1) is 12.2 Å². The zero-order chi connectivity index (χ0) is 18.9. The van der Waals surface area contributed by atoms with E-state index in [0.29, 0.717) is 30.6 Å². The van der Waals surface area contributed by atoms with Crippen molar-refractivity contribution in [2.75, 3.05) is 6.61 Å². The smallest absolute Gasteiger partial charge is 0.166 e. The molecule has 0 bridgehead atoms. The number of rotatable bonds is 2. The van der Waals surface area contributed by atoms with Gasteiger partial charge in [0, 0.05) is 11.8 Å². The van der Waals surface area contributed by atoms with Gasteiger partial charge in [-0.15, -0.1) is 0 Å². The van der Waals surface area contributed by atoms with E-state index in [1.54, 1.807) is 6.08 Å². The molecule has 0 aliphatic heterocycles. The van der Waals surface area contributed by atoms with Crippen LogP contribution >= 0.6 is 0 Å². The lowest BCUT2D eigenvalue weighted by atomic mass is 9.46. The van der Waals surface area contributed by atoms with Crippen LogP contribution in [0.4, 0.5) is 0 Å². The van der Waals surface area contributed by atoms with E-state index < -0.39 is 29.8 Å². The van der Waals surface area contributed by atoms with Gasteiger partial charge in [0.2, 0.25) is 0 Å². The second-order valence-electron chi connectivity index (χ2n) is 9.73. The number of fused-ring (bicyclic) bond motifs is 5. The Kier molecular flexibility index (Phi) is 4.20. The van der Waals surface area contributed by atoms with E-state index in [2.05, 4.69) is 13.8 Å². The first kappa shape index (κ1) is 18.6. The number of ketones is 1. The number of allylic oxidation sites excluding steroid dienone is 1. The average molecular weight is 364 g/mol. The third-order valence-electron chi connectivity index (χ3n) is 8.91. The fourth-order valence-corrected chi connectivity index (χ4v) is 7.34. The average Bonchev–Trinajstić information content (AvgIpc) is 2.88. The van der Waals surface area contributed by atoms with Gasteiger partial charge in [-0.2, -0.15) is 0 Å². The number of aliphatic hydroxyl groups is 4. The molecule has 26 heavy (non-hydrogen) atoms. The molecule has 4 aliphatic rings. The van der Waals surface area contributed by atoms with Gasteiger partial charge in [0.1, 0.15) is 12.2 Å². The van der Waals surface area contributed by atoms with Gasteiger partial charge < -0.3 is 20.4 Å². The molecule has 0 radical (unpaired) electrons. The molecule has 5 heteroatoms. The lowest BCUT2D eigenvalue weighted by Crippen LogP contribution is -2.59. The van der Waals surface area contributed by atoms with Crippen molar-refractivity contribution in [3.63, 3.8) is 0 Å². The summed E-state index contributed by atoms with van der Waals surface area (Å²) >= 11 is 0. The highest BCUT2D eigenvalue weighted by Crippen LogP contribution is 2.67. The third kappa shape index (κ3) is 2.20.